The fourth-order valence-electron chi connectivity index (χ4n) is 0.706. The van der Waals surface area contributed by atoms with Gasteiger partial charge in [0.15, 0.2) is 0 Å². The number of nitrogen functional groups attached to an aromatic ring is 2. The van der Waals surface area contributed by atoms with Crippen molar-refractivity contribution >= 4 is 23.9 Å². The van der Waals surface area contributed by atoms with E-state index in [0.29, 0.717) is 11.3 Å². The molecule has 5 N–H and O–H groups in total. The van der Waals surface area contributed by atoms with E-state index in [1.54, 1.807) is 24.3 Å². The molecule has 0 aliphatic carbocycles. The Hall–Kier alpha value is -1.22. The predicted octanol–water partition coefficient (Wildman–Crippen LogP) is 0.975. The Kier molecular flexibility index (Phi) is 3.40. The third-order valence-corrected chi connectivity index (χ3v) is 1.20. The number of anilines is 1. The number of nitrogens with one attached hydrogen (secondary N) is 1. The van der Waals surface area contributed by atoms with Crippen LogP contribution >= 0.6 is 12.4 Å². The number of hydrogen-bond acceptors (Lipinski definition) is 2. The minimum absolute atomic E-state index is 0. The SMILES string of the molecule is Cl.N=C(N)c1cccc(N)c1. The number of halogens is 1. The summed E-state index contributed by atoms with van der Waals surface area (Å²) in [6.45, 7) is 0. The monoisotopic (exact) mass is 171 g/mol. The number of amidine groups is 1. The molecule has 0 bridgehead atoms. The standard InChI is InChI=1S/C7H9N3.ClH/c8-6-3-1-2-5(4-6)7(9)10;/h1-4H,8H2,(H3,9,10);1H. The summed E-state index contributed by atoms with van der Waals surface area (Å²) < 4.78 is 0. The van der Waals surface area contributed by atoms with E-state index in [0.717, 1.165) is 0 Å². The topological polar surface area (TPSA) is 75.9 Å². The van der Waals surface area contributed by atoms with E-state index in [4.69, 9.17) is 16.9 Å². The molecule has 1 aromatic rings. The molecule has 1 rings (SSSR count). The molecular weight excluding hydrogens is 162 g/mol. The molecule has 0 aliphatic rings. The lowest BCUT2D eigenvalue weighted by atomic mass is 10.2. The highest BCUT2D eigenvalue weighted by Gasteiger charge is 1.93. The van der Waals surface area contributed by atoms with Gasteiger partial charge in [-0.1, -0.05) is 12.1 Å². The van der Waals surface area contributed by atoms with Crippen LogP contribution in [0.3, 0.4) is 0 Å². The first kappa shape index (κ1) is 9.78. The second-order valence-electron chi connectivity index (χ2n) is 2.04. The van der Waals surface area contributed by atoms with Crippen molar-refractivity contribution in [2.75, 3.05) is 5.73 Å². The van der Waals surface area contributed by atoms with E-state index in [9.17, 15) is 0 Å². The van der Waals surface area contributed by atoms with E-state index >= 15 is 0 Å². The van der Waals surface area contributed by atoms with Crippen molar-refractivity contribution in [2.24, 2.45) is 5.73 Å². The van der Waals surface area contributed by atoms with Crippen LogP contribution in [0.25, 0.3) is 0 Å². The Morgan fingerprint density at radius 3 is 2.36 bits per heavy atom. The average Bonchev–Trinajstić information content (AvgIpc) is 1.88. The molecule has 0 atom stereocenters. The summed E-state index contributed by atoms with van der Waals surface area (Å²) in [5.41, 5.74) is 12.0. The van der Waals surface area contributed by atoms with E-state index in [2.05, 4.69) is 0 Å². The van der Waals surface area contributed by atoms with Gasteiger partial charge in [0, 0.05) is 11.3 Å². The van der Waals surface area contributed by atoms with E-state index in [1.807, 2.05) is 0 Å². The molecule has 4 heteroatoms. The van der Waals surface area contributed by atoms with Gasteiger partial charge in [-0.3, -0.25) is 5.41 Å². The molecule has 0 saturated heterocycles. The highest BCUT2D eigenvalue weighted by molar-refractivity contribution is 5.95. The van der Waals surface area contributed by atoms with Gasteiger partial charge in [-0.15, -0.1) is 12.4 Å². The highest BCUT2D eigenvalue weighted by Crippen LogP contribution is 2.04. The van der Waals surface area contributed by atoms with Gasteiger partial charge < -0.3 is 11.5 Å². The predicted molar refractivity (Wildman–Crippen MR) is 49.1 cm³/mol. The Labute approximate surface area is 71.3 Å². The van der Waals surface area contributed by atoms with Crippen LogP contribution in [-0.2, 0) is 0 Å². The second kappa shape index (κ2) is 3.83. The maximum atomic E-state index is 7.05. The minimum atomic E-state index is 0. The maximum absolute atomic E-state index is 7.05. The average molecular weight is 172 g/mol. The van der Waals surface area contributed by atoms with E-state index < -0.39 is 0 Å². The zero-order chi connectivity index (χ0) is 7.56. The molecule has 0 saturated carbocycles. The first-order valence-electron chi connectivity index (χ1n) is 2.90. The summed E-state index contributed by atoms with van der Waals surface area (Å²) in [4.78, 5) is 0. The zero-order valence-electron chi connectivity index (χ0n) is 5.87. The van der Waals surface area contributed by atoms with Gasteiger partial charge >= 0.3 is 0 Å². The molecule has 0 aromatic heterocycles. The fourth-order valence-corrected chi connectivity index (χ4v) is 0.706. The van der Waals surface area contributed by atoms with Crippen LogP contribution in [0, 0.1) is 5.41 Å². The minimum Gasteiger partial charge on any atom is -0.399 e. The Morgan fingerprint density at radius 2 is 2.00 bits per heavy atom. The summed E-state index contributed by atoms with van der Waals surface area (Å²) in [7, 11) is 0. The quantitative estimate of drug-likeness (QED) is 0.335. The molecule has 0 heterocycles. The Morgan fingerprint density at radius 1 is 1.36 bits per heavy atom. The number of hydrogen-bond donors (Lipinski definition) is 3. The van der Waals surface area contributed by atoms with Crippen LogP contribution in [0.1, 0.15) is 5.56 Å². The highest BCUT2D eigenvalue weighted by atomic mass is 35.5. The molecular formula is C7H10ClN3. The van der Waals surface area contributed by atoms with Crippen LogP contribution in [0.15, 0.2) is 24.3 Å². The lowest BCUT2D eigenvalue weighted by Crippen LogP contribution is -2.10. The van der Waals surface area contributed by atoms with Gasteiger partial charge in [-0.2, -0.15) is 0 Å². The molecule has 1 aromatic carbocycles. The molecule has 11 heavy (non-hydrogen) atoms. The summed E-state index contributed by atoms with van der Waals surface area (Å²) in [5, 5.41) is 7.05. The van der Waals surface area contributed by atoms with Gasteiger partial charge in [0.1, 0.15) is 5.84 Å². The largest absolute Gasteiger partial charge is 0.399 e. The number of nitrogens with two attached hydrogens (primary N) is 2. The smallest absolute Gasteiger partial charge is 0.122 e. The van der Waals surface area contributed by atoms with Gasteiger partial charge in [0.05, 0.1) is 0 Å². The van der Waals surface area contributed by atoms with Crippen molar-refractivity contribution in [3.63, 3.8) is 0 Å². The van der Waals surface area contributed by atoms with Crippen LogP contribution in [0.5, 0.6) is 0 Å². The summed E-state index contributed by atoms with van der Waals surface area (Å²) >= 11 is 0. The van der Waals surface area contributed by atoms with Gasteiger partial charge in [0.25, 0.3) is 0 Å². The van der Waals surface area contributed by atoms with Crippen molar-refractivity contribution < 1.29 is 0 Å². The molecule has 0 aliphatic heterocycles. The third kappa shape index (κ3) is 2.47. The van der Waals surface area contributed by atoms with Crippen LogP contribution < -0.4 is 11.5 Å². The maximum Gasteiger partial charge on any atom is 0.122 e. The van der Waals surface area contributed by atoms with E-state index in [-0.39, 0.29) is 18.2 Å². The lowest BCUT2D eigenvalue weighted by Gasteiger charge is -1.97. The van der Waals surface area contributed by atoms with Crippen molar-refractivity contribution in [2.45, 2.75) is 0 Å². The Balaban J connectivity index is 0.000001000. The van der Waals surface area contributed by atoms with Crippen LogP contribution in [0.2, 0.25) is 0 Å². The Bertz CT molecular complexity index is 260. The van der Waals surface area contributed by atoms with Crippen molar-refractivity contribution in [1.29, 1.82) is 5.41 Å². The summed E-state index contributed by atoms with van der Waals surface area (Å²) in [6.07, 6.45) is 0. The fraction of sp³-hybridized carbons (Fsp3) is 0. The first-order chi connectivity index (χ1) is 4.70. The molecule has 3 nitrogen and oxygen atoms in total. The first-order valence-corrected chi connectivity index (χ1v) is 2.90. The molecule has 60 valence electrons. The molecule has 0 amide bonds. The zero-order valence-corrected chi connectivity index (χ0v) is 6.69. The number of rotatable bonds is 1. The van der Waals surface area contributed by atoms with Crippen molar-refractivity contribution in [3.05, 3.63) is 29.8 Å². The van der Waals surface area contributed by atoms with Gasteiger partial charge in [-0.25, -0.2) is 0 Å². The third-order valence-electron chi connectivity index (χ3n) is 1.20. The van der Waals surface area contributed by atoms with E-state index in [1.165, 1.54) is 0 Å². The lowest BCUT2D eigenvalue weighted by molar-refractivity contribution is 1.42. The molecule has 0 fully saturated rings. The van der Waals surface area contributed by atoms with Gasteiger partial charge in [0.2, 0.25) is 0 Å². The van der Waals surface area contributed by atoms with Crippen LogP contribution in [-0.4, -0.2) is 5.84 Å². The van der Waals surface area contributed by atoms with Gasteiger partial charge in [-0.05, 0) is 12.1 Å². The molecule has 0 spiro atoms. The number of benzene rings is 1. The van der Waals surface area contributed by atoms with Crippen LogP contribution in [0.4, 0.5) is 5.69 Å². The summed E-state index contributed by atoms with van der Waals surface area (Å²) in [6, 6.07) is 6.94. The second-order valence-corrected chi connectivity index (χ2v) is 2.04. The van der Waals surface area contributed by atoms with Crippen molar-refractivity contribution in [1.82, 2.24) is 0 Å². The van der Waals surface area contributed by atoms with Crippen molar-refractivity contribution in [3.8, 4) is 0 Å². The normalized spacial score (nSPS) is 8.36. The summed E-state index contributed by atoms with van der Waals surface area (Å²) in [5.74, 6) is 0.0484. The molecule has 0 radical (unpaired) electrons. The molecule has 0 unspecified atom stereocenters.